The Hall–Kier alpha value is -0.120. The first-order valence-electron chi connectivity index (χ1n) is 6.93. The van der Waals surface area contributed by atoms with E-state index in [-0.39, 0.29) is 12.6 Å². The Labute approximate surface area is 108 Å². The van der Waals surface area contributed by atoms with Crippen LogP contribution in [0.3, 0.4) is 0 Å². The maximum absolute atomic E-state index is 9.29. The highest BCUT2D eigenvalue weighted by Crippen LogP contribution is 2.10. The lowest BCUT2D eigenvalue weighted by atomic mass is 10.0. The van der Waals surface area contributed by atoms with Crippen molar-refractivity contribution in [2.75, 3.05) is 20.2 Å². The molecule has 0 aliphatic carbocycles. The Balaban J connectivity index is 3.90. The fourth-order valence-electron chi connectivity index (χ4n) is 2.14. The molecule has 0 bridgehead atoms. The number of hydrogen-bond donors (Lipinski definition) is 2. The van der Waals surface area contributed by atoms with Crippen LogP contribution in [-0.2, 0) is 0 Å². The number of aliphatic hydroxyl groups excluding tert-OH is 1. The van der Waals surface area contributed by atoms with E-state index in [9.17, 15) is 5.11 Å². The lowest BCUT2D eigenvalue weighted by molar-refractivity contribution is 0.185. The second-order valence-electron chi connectivity index (χ2n) is 5.95. The van der Waals surface area contributed by atoms with Gasteiger partial charge in [-0.2, -0.15) is 0 Å². The summed E-state index contributed by atoms with van der Waals surface area (Å²) >= 11 is 0. The predicted molar refractivity (Wildman–Crippen MR) is 75.3 cm³/mol. The van der Waals surface area contributed by atoms with Gasteiger partial charge < -0.3 is 15.3 Å². The summed E-state index contributed by atoms with van der Waals surface area (Å²) in [5.41, 5.74) is 0. The van der Waals surface area contributed by atoms with Gasteiger partial charge in [-0.15, -0.1) is 0 Å². The van der Waals surface area contributed by atoms with Gasteiger partial charge in [-0.3, -0.25) is 0 Å². The lowest BCUT2D eigenvalue weighted by Crippen LogP contribution is -2.41. The molecule has 104 valence electrons. The quantitative estimate of drug-likeness (QED) is 0.652. The standard InChI is InChI=1S/C14H32N2O/c1-11(2)9-13(5)16(6)8-7-14(10-17)15-12(3)4/h11-15,17H,7-10H2,1-6H3. The van der Waals surface area contributed by atoms with Crippen molar-refractivity contribution in [1.29, 1.82) is 0 Å². The summed E-state index contributed by atoms with van der Waals surface area (Å²) in [6, 6.07) is 1.28. The maximum Gasteiger partial charge on any atom is 0.0585 e. The third kappa shape index (κ3) is 8.58. The maximum atomic E-state index is 9.29. The Bertz CT molecular complexity index is 183. The minimum absolute atomic E-state index is 0.226. The van der Waals surface area contributed by atoms with Gasteiger partial charge in [0.2, 0.25) is 0 Å². The van der Waals surface area contributed by atoms with Crippen molar-refractivity contribution in [2.45, 2.75) is 65.6 Å². The molecule has 0 spiro atoms. The monoisotopic (exact) mass is 244 g/mol. The van der Waals surface area contributed by atoms with E-state index >= 15 is 0 Å². The van der Waals surface area contributed by atoms with Crippen molar-refractivity contribution >= 4 is 0 Å². The van der Waals surface area contributed by atoms with E-state index < -0.39 is 0 Å². The van der Waals surface area contributed by atoms with E-state index in [4.69, 9.17) is 0 Å². The average molecular weight is 244 g/mol. The molecule has 0 saturated heterocycles. The molecular formula is C14H32N2O. The highest BCUT2D eigenvalue weighted by Gasteiger charge is 2.14. The van der Waals surface area contributed by atoms with Crippen LogP contribution in [0.2, 0.25) is 0 Å². The molecule has 0 heterocycles. The van der Waals surface area contributed by atoms with E-state index in [1.807, 2.05) is 0 Å². The summed E-state index contributed by atoms with van der Waals surface area (Å²) in [5, 5.41) is 12.7. The molecule has 0 aromatic heterocycles. The third-order valence-electron chi connectivity index (χ3n) is 3.18. The molecule has 0 aliphatic heterocycles. The SMILES string of the molecule is CC(C)CC(C)N(C)CCC(CO)NC(C)C. The molecule has 0 aromatic rings. The van der Waals surface area contributed by atoms with E-state index in [1.165, 1.54) is 6.42 Å². The third-order valence-corrected chi connectivity index (χ3v) is 3.18. The van der Waals surface area contributed by atoms with Gasteiger partial charge in [0.25, 0.3) is 0 Å². The number of aliphatic hydroxyl groups is 1. The zero-order chi connectivity index (χ0) is 13.4. The summed E-state index contributed by atoms with van der Waals surface area (Å²) in [6.07, 6.45) is 2.24. The zero-order valence-corrected chi connectivity index (χ0v) is 12.5. The normalized spacial score (nSPS) is 15.9. The van der Waals surface area contributed by atoms with Gasteiger partial charge in [-0.25, -0.2) is 0 Å². The molecule has 2 unspecified atom stereocenters. The van der Waals surface area contributed by atoms with Crippen LogP contribution in [0.15, 0.2) is 0 Å². The molecule has 0 radical (unpaired) electrons. The lowest BCUT2D eigenvalue weighted by Gasteiger charge is -2.28. The molecule has 3 heteroatoms. The van der Waals surface area contributed by atoms with E-state index in [0.29, 0.717) is 12.1 Å². The topological polar surface area (TPSA) is 35.5 Å². The Morgan fingerprint density at radius 2 is 1.71 bits per heavy atom. The second-order valence-corrected chi connectivity index (χ2v) is 5.95. The fraction of sp³-hybridized carbons (Fsp3) is 1.00. The summed E-state index contributed by atoms with van der Waals surface area (Å²) in [6.45, 7) is 12.3. The van der Waals surface area contributed by atoms with Crippen molar-refractivity contribution in [3.8, 4) is 0 Å². The van der Waals surface area contributed by atoms with Crippen molar-refractivity contribution in [2.24, 2.45) is 5.92 Å². The molecule has 0 fully saturated rings. The minimum atomic E-state index is 0.226. The Morgan fingerprint density at radius 3 is 2.12 bits per heavy atom. The van der Waals surface area contributed by atoms with Crippen LogP contribution < -0.4 is 5.32 Å². The van der Waals surface area contributed by atoms with Gasteiger partial charge in [0.15, 0.2) is 0 Å². The van der Waals surface area contributed by atoms with Crippen LogP contribution >= 0.6 is 0 Å². The zero-order valence-electron chi connectivity index (χ0n) is 12.5. The molecular weight excluding hydrogens is 212 g/mol. The summed E-state index contributed by atoms with van der Waals surface area (Å²) in [5.74, 6) is 0.745. The van der Waals surface area contributed by atoms with Gasteiger partial charge in [0.05, 0.1) is 6.61 Å². The molecule has 0 saturated carbocycles. The van der Waals surface area contributed by atoms with Crippen LogP contribution in [0.4, 0.5) is 0 Å². The first-order chi connectivity index (χ1) is 7.86. The van der Waals surface area contributed by atoms with Crippen LogP contribution in [0.1, 0.15) is 47.5 Å². The van der Waals surface area contributed by atoms with Crippen LogP contribution in [0, 0.1) is 5.92 Å². The molecule has 0 aliphatic rings. The van der Waals surface area contributed by atoms with Gasteiger partial charge in [0, 0.05) is 18.1 Å². The second kappa shape index (κ2) is 8.90. The fourth-order valence-corrected chi connectivity index (χ4v) is 2.14. The number of hydrogen-bond acceptors (Lipinski definition) is 3. The molecule has 0 aromatic carbocycles. The average Bonchev–Trinajstić information content (AvgIpc) is 2.22. The Kier molecular flexibility index (Phi) is 8.83. The van der Waals surface area contributed by atoms with Gasteiger partial charge in [0.1, 0.15) is 0 Å². The van der Waals surface area contributed by atoms with Crippen molar-refractivity contribution in [1.82, 2.24) is 10.2 Å². The molecule has 2 atom stereocenters. The van der Waals surface area contributed by atoms with Gasteiger partial charge in [-0.1, -0.05) is 27.7 Å². The number of nitrogens with zero attached hydrogens (tertiary/aromatic N) is 1. The number of rotatable bonds is 9. The molecule has 3 nitrogen and oxygen atoms in total. The van der Waals surface area contributed by atoms with Crippen molar-refractivity contribution in [3.63, 3.8) is 0 Å². The van der Waals surface area contributed by atoms with Crippen LogP contribution in [0.25, 0.3) is 0 Å². The molecule has 2 N–H and O–H groups in total. The minimum Gasteiger partial charge on any atom is -0.395 e. The first kappa shape index (κ1) is 16.9. The largest absolute Gasteiger partial charge is 0.395 e. The number of nitrogens with one attached hydrogen (secondary N) is 1. The first-order valence-corrected chi connectivity index (χ1v) is 6.93. The summed E-state index contributed by atoms with van der Waals surface area (Å²) < 4.78 is 0. The van der Waals surface area contributed by atoms with Crippen molar-refractivity contribution in [3.05, 3.63) is 0 Å². The Morgan fingerprint density at radius 1 is 1.12 bits per heavy atom. The van der Waals surface area contributed by atoms with E-state index in [0.717, 1.165) is 18.9 Å². The molecule has 17 heavy (non-hydrogen) atoms. The van der Waals surface area contributed by atoms with Crippen LogP contribution in [-0.4, -0.2) is 48.3 Å². The van der Waals surface area contributed by atoms with E-state index in [1.54, 1.807) is 0 Å². The van der Waals surface area contributed by atoms with Gasteiger partial charge >= 0.3 is 0 Å². The molecule has 0 rings (SSSR count). The van der Waals surface area contributed by atoms with Crippen molar-refractivity contribution < 1.29 is 5.11 Å². The summed E-state index contributed by atoms with van der Waals surface area (Å²) in [7, 11) is 2.18. The van der Waals surface area contributed by atoms with Crippen LogP contribution in [0.5, 0.6) is 0 Å². The van der Waals surface area contributed by atoms with Gasteiger partial charge in [-0.05, 0) is 39.3 Å². The smallest absolute Gasteiger partial charge is 0.0585 e. The molecule has 0 amide bonds. The van der Waals surface area contributed by atoms with E-state index in [2.05, 4.69) is 51.9 Å². The highest BCUT2D eigenvalue weighted by atomic mass is 16.3. The highest BCUT2D eigenvalue weighted by molar-refractivity contribution is 4.72. The predicted octanol–water partition coefficient (Wildman–Crippen LogP) is 2.10. The summed E-state index contributed by atoms with van der Waals surface area (Å²) in [4.78, 5) is 2.39.